The number of ether oxygens (including phenoxy) is 5. The normalized spacial score (nSPS) is 19.7. The van der Waals surface area contributed by atoms with E-state index in [2.05, 4.69) is 45.1 Å². The van der Waals surface area contributed by atoms with E-state index in [-0.39, 0.29) is 25.9 Å². The maximum absolute atomic E-state index is 13.0. The topological polar surface area (TPSA) is 175 Å². The van der Waals surface area contributed by atoms with Crippen molar-refractivity contribution in [3.8, 4) is 0 Å². The zero-order valence-corrected chi connectivity index (χ0v) is 38.4. The quantitative estimate of drug-likeness (QED) is 0.0230. The van der Waals surface area contributed by atoms with Crippen LogP contribution in [-0.4, -0.2) is 89.2 Å². The summed E-state index contributed by atoms with van der Waals surface area (Å²) in [6.45, 7) is 5.82. The molecule has 1 aliphatic heterocycles. The second-order valence-electron chi connectivity index (χ2n) is 16.8. The van der Waals surface area contributed by atoms with Gasteiger partial charge in [-0.2, -0.15) is 0 Å². The first-order valence-electron chi connectivity index (χ1n) is 24.3. The number of aliphatic carboxylic acids is 1. The summed E-state index contributed by atoms with van der Waals surface area (Å²) in [4.78, 5) is 50.5. The van der Waals surface area contributed by atoms with Crippen LogP contribution in [0.4, 0.5) is 0 Å². The van der Waals surface area contributed by atoms with E-state index in [9.17, 15) is 34.5 Å². The van der Waals surface area contributed by atoms with Gasteiger partial charge in [0.2, 0.25) is 0 Å². The zero-order valence-electron chi connectivity index (χ0n) is 38.4. The SMILES string of the molecule is CCC/C=C\C/C=C\CCCCCCCC(=O)OCC(COC1OC(C(=O)O)C(O)C(O)C1OC(=O)CCCCCCCCCCC)OC(=O)CCCCCCCCCCC. The number of aliphatic hydroxyl groups excluding tert-OH is 2. The molecule has 0 aromatic rings. The molecule has 12 nitrogen and oxygen atoms in total. The van der Waals surface area contributed by atoms with Gasteiger partial charge in [0, 0.05) is 19.3 Å². The minimum Gasteiger partial charge on any atom is -0.479 e. The number of aliphatic hydroxyl groups is 2. The van der Waals surface area contributed by atoms with Crippen molar-refractivity contribution >= 4 is 23.9 Å². The fourth-order valence-corrected chi connectivity index (χ4v) is 7.23. The van der Waals surface area contributed by atoms with Crippen LogP contribution in [0.25, 0.3) is 0 Å². The molecule has 0 aliphatic carbocycles. The molecule has 0 bridgehead atoms. The predicted octanol–water partition coefficient (Wildman–Crippen LogP) is 10.8. The van der Waals surface area contributed by atoms with E-state index in [4.69, 9.17) is 23.7 Å². The second kappa shape index (κ2) is 38.8. The molecule has 1 saturated heterocycles. The molecule has 0 radical (unpaired) electrons. The Labute approximate surface area is 368 Å². The molecule has 61 heavy (non-hydrogen) atoms. The first-order valence-corrected chi connectivity index (χ1v) is 24.3. The van der Waals surface area contributed by atoms with Crippen molar-refractivity contribution in [1.82, 2.24) is 0 Å². The number of carbonyl (C=O) groups excluding carboxylic acids is 3. The van der Waals surface area contributed by atoms with Crippen LogP contribution in [0.3, 0.4) is 0 Å². The van der Waals surface area contributed by atoms with Crippen LogP contribution in [0.2, 0.25) is 0 Å². The Morgan fingerprint density at radius 2 is 1.02 bits per heavy atom. The molecule has 1 rings (SSSR count). The standard InChI is InChI=1S/C49H86O12/c1-4-7-10-13-16-19-20-21-22-25-26-29-32-35-41(50)57-38-40(59-42(51)36-33-30-27-23-17-14-11-8-5-2)39-58-49-47(45(54)44(53)46(61-49)48(55)56)60-43(52)37-34-31-28-24-18-15-12-9-6-3/h10,13,19-20,40,44-47,49,53-54H,4-9,11-12,14-18,21-39H2,1-3H3,(H,55,56)/b13-10-,20-19-. The maximum atomic E-state index is 13.0. The Morgan fingerprint density at radius 1 is 0.541 bits per heavy atom. The van der Waals surface area contributed by atoms with Gasteiger partial charge in [-0.15, -0.1) is 0 Å². The lowest BCUT2D eigenvalue weighted by Crippen LogP contribution is -2.61. The van der Waals surface area contributed by atoms with E-state index in [1.807, 2.05) is 0 Å². The van der Waals surface area contributed by atoms with E-state index >= 15 is 0 Å². The van der Waals surface area contributed by atoms with Crippen LogP contribution in [-0.2, 0) is 42.9 Å². The van der Waals surface area contributed by atoms with E-state index in [0.29, 0.717) is 19.3 Å². The van der Waals surface area contributed by atoms with Gasteiger partial charge < -0.3 is 39.0 Å². The molecule has 0 aromatic heterocycles. The Kier molecular flexibility index (Phi) is 35.8. The molecule has 1 aliphatic rings. The van der Waals surface area contributed by atoms with Crippen LogP contribution in [0.1, 0.15) is 213 Å². The third-order valence-corrected chi connectivity index (χ3v) is 11.0. The van der Waals surface area contributed by atoms with Crippen molar-refractivity contribution in [2.75, 3.05) is 13.2 Å². The highest BCUT2D eigenvalue weighted by Crippen LogP contribution is 2.26. The van der Waals surface area contributed by atoms with Gasteiger partial charge in [-0.1, -0.05) is 173 Å². The molecule has 12 heteroatoms. The van der Waals surface area contributed by atoms with E-state index < -0.39 is 67.3 Å². The van der Waals surface area contributed by atoms with Gasteiger partial charge in [-0.25, -0.2) is 4.79 Å². The number of unbranched alkanes of at least 4 members (excludes halogenated alkanes) is 22. The van der Waals surface area contributed by atoms with Gasteiger partial charge in [0.05, 0.1) is 6.61 Å². The molecule has 1 fully saturated rings. The van der Waals surface area contributed by atoms with E-state index in [1.165, 1.54) is 57.8 Å². The lowest BCUT2D eigenvalue weighted by Gasteiger charge is -2.40. The molecule has 0 spiro atoms. The minimum absolute atomic E-state index is 0.0634. The number of hydrogen-bond acceptors (Lipinski definition) is 11. The molecule has 0 amide bonds. The van der Waals surface area contributed by atoms with Gasteiger partial charge in [0.1, 0.15) is 18.8 Å². The highest BCUT2D eigenvalue weighted by Gasteiger charge is 2.50. The molecule has 354 valence electrons. The average Bonchev–Trinajstić information content (AvgIpc) is 3.24. The van der Waals surface area contributed by atoms with Crippen LogP contribution < -0.4 is 0 Å². The van der Waals surface area contributed by atoms with E-state index in [0.717, 1.165) is 96.3 Å². The van der Waals surface area contributed by atoms with Gasteiger partial charge in [-0.05, 0) is 44.9 Å². The summed E-state index contributed by atoms with van der Waals surface area (Å²) in [5.41, 5.74) is 0. The molecule has 0 aromatic carbocycles. The fraction of sp³-hybridized carbons (Fsp3) is 0.837. The van der Waals surface area contributed by atoms with Crippen molar-refractivity contribution in [3.05, 3.63) is 24.3 Å². The third kappa shape index (κ3) is 30.0. The number of hydrogen-bond donors (Lipinski definition) is 3. The first kappa shape index (κ1) is 56.2. The van der Waals surface area contributed by atoms with Gasteiger partial charge in [0.25, 0.3) is 0 Å². The summed E-state index contributed by atoms with van der Waals surface area (Å²) >= 11 is 0. The molecule has 3 N–H and O–H groups in total. The highest BCUT2D eigenvalue weighted by molar-refractivity contribution is 5.74. The van der Waals surface area contributed by atoms with Crippen LogP contribution in [0.5, 0.6) is 0 Å². The van der Waals surface area contributed by atoms with Crippen molar-refractivity contribution in [1.29, 1.82) is 0 Å². The maximum Gasteiger partial charge on any atom is 0.335 e. The summed E-state index contributed by atoms with van der Waals surface area (Å²) in [5, 5.41) is 31.1. The largest absolute Gasteiger partial charge is 0.479 e. The van der Waals surface area contributed by atoms with Crippen molar-refractivity contribution in [2.24, 2.45) is 0 Å². The van der Waals surface area contributed by atoms with Crippen molar-refractivity contribution in [2.45, 2.75) is 250 Å². The summed E-state index contributed by atoms with van der Waals surface area (Å²) in [6.07, 6.45) is 27.7. The highest BCUT2D eigenvalue weighted by atomic mass is 16.7. The number of carboxylic acid groups (broad SMARTS) is 1. The van der Waals surface area contributed by atoms with Crippen LogP contribution >= 0.6 is 0 Å². The molecule has 0 saturated carbocycles. The van der Waals surface area contributed by atoms with Crippen LogP contribution in [0.15, 0.2) is 24.3 Å². The van der Waals surface area contributed by atoms with Crippen molar-refractivity contribution < 1.29 is 58.2 Å². The smallest absolute Gasteiger partial charge is 0.335 e. The molecular formula is C49H86O12. The summed E-state index contributed by atoms with van der Waals surface area (Å²) in [5.74, 6) is -3.13. The lowest BCUT2D eigenvalue weighted by atomic mass is 9.98. The molecule has 6 atom stereocenters. The number of rotatable bonds is 40. The van der Waals surface area contributed by atoms with Gasteiger partial charge in [0.15, 0.2) is 24.6 Å². The van der Waals surface area contributed by atoms with Gasteiger partial charge in [-0.3, -0.25) is 14.4 Å². The molecular weight excluding hydrogens is 781 g/mol. The second-order valence-corrected chi connectivity index (χ2v) is 16.8. The monoisotopic (exact) mass is 867 g/mol. The number of esters is 3. The zero-order chi connectivity index (χ0) is 44.8. The predicted molar refractivity (Wildman–Crippen MR) is 239 cm³/mol. The number of carboxylic acids is 1. The Bertz CT molecular complexity index is 1170. The number of allylic oxidation sites excluding steroid dienone is 4. The summed E-state index contributed by atoms with van der Waals surface area (Å²) in [7, 11) is 0. The fourth-order valence-electron chi connectivity index (χ4n) is 7.23. The van der Waals surface area contributed by atoms with Crippen LogP contribution in [0, 0.1) is 0 Å². The molecule has 1 heterocycles. The average molecular weight is 867 g/mol. The Morgan fingerprint density at radius 3 is 1.54 bits per heavy atom. The number of carbonyl (C=O) groups is 4. The Hall–Kier alpha value is -2.80. The summed E-state index contributed by atoms with van der Waals surface area (Å²) < 4.78 is 28.1. The lowest BCUT2D eigenvalue weighted by molar-refractivity contribution is -0.301. The summed E-state index contributed by atoms with van der Waals surface area (Å²) in [6, 6.07) is 0. The first-order chi connectivity index (χ1) is 29.6. The van der Waals surface area contributed by atoms with Crippen molar-refractivity contribution in [3.63, 3.8) is 0 Å². The minimum atomic E-state index is -1.90. The third-order valence-electron chi connectivity index (χ3n) is 11.0. The Balaban J connectivity index is 2.75. The molecule has 6 unspecified atom stereocenters. The van der Waals surface area contributed by atoms with Gasteiger partial charge >= 0.3 is 23.9 Å². The van der Waals surface area contributed by atoms with E-state index in [1.54, 1.807) is 0 Å².